The van der Waals surface area contributed by atoms with Crippen LogP contribution in [0.15, 0.2) is 73.1 Å². The van der Waals surface area contributed by atoms with Gasteiger partial charge in [0.15, 0.2) is 0 Å². The number of nitrogens with zero attached hydrogens (tertiary/aromatic N) is 2. The number of amides is 1. The number of hydrogen-bond donors (Lipinski definition) is 2. The van der Waals surface area contributed by atoms with E-state index >= 15 is 0 Å². The van der Waals surface area contributed by atoms with E-state index in [4.69, 9.17) is 0 Å². The Balaban J connectivity index is 1.28. The maximum Gasteiger partial charge on any atom is 0.269 e. The number of nitrogens with one attached hydrogen (secondary N) is 2. The molecule has 2 aromatic heterocycles. The lowest BCUT2D eigenvalue weighted by atomic mass is 10.0. The molecule has 0 atom stereocenters. The first kappa shape index (κ1) is 18.4. The summed E-state index contributed by atoms with van der Waals surface area (Å²) in [5, 5.41) is 4.22. The Bertz CT molecular complexity index is 1200. The van der Waals surface area contributed by atoms with Crippen molar-refractivity contribution in [1.29, 1.82) is 0 Å². The molecule has 0 saturated carbocycles. The molecule has 0 bridgehead atoms. The molecule has 1 aliphatic heterocycles. The molecule has 30 heavy (non-hydrogen) atoms. The molecule has 5 heteroatoms. The number of aromatic nitrogens is 2. The van der Waals surface area contributed by atoms with E-state index in [0.29, 0.717) is 12.2 Å². The number of carbonyl (C=O) groups excluding carboxylic acids is 1. The molecule has 1 aliphatic rings. The number of pyridine rings is 1. The smallest absolute Gasteiger partial charge is 0.269 e. The van der Waals surface area contributed by atoms with Gasteiger partial charge in [-0.2, -0.15) is 0 Å². The summed E-state index contributed by atoms with van der Waals surface area (Å²) in [6, 6.07) is 20.6. The molecule has 2 N–H and O–H groups in total. The Hall–Kier alpha value is -3.60. The topological polar surface area (TPSA) is 61.0 Å². The number of hydrogen-bond acceptors (Lipinski definition) is 3. The van der Waals surface area contributed by atoms with Crippen molar-refractivity contribution < 1.29 is 4.79 Å². The molecule has 0 saturated heterocycles. The lowest BCUT2D eigenvalue weighted by molar-refractivity contribution is 0.0949. The number of para-hydroxylation sites is 2. The highest BCUT2D eigenvalue weighted by molar-refractivity contribution is 5.93. The zero-order valence-corrected chi connectivity index (χ0v) is 16.8. The Morgan fingerprint density at radius 1 is 1.10 bits per heavy atom. The lowest BCUT2D eigenvalue weighted by Gasteiger charge is -2.31. The minimum Gasteiger partial charge on any atom is -0.361 e. The van der Waals surface area contributed by atoms with E-state index in [1.807, 2.05) is 30.5 Å². The molecular weight excluding hydrogens is 372 g/mol. The molecule has 2 aromatic carbocycles. The number of aryl methyl sites for hydroxylation is 1. The van der Waals surface area contributed by atoms with Crippen molar-refractivity contribution in [2.24, 2.45) is 0 Å². The van der Waals surface area contributed by atoms with Crippen molar-refractivity contribution in [2.75, 3.05) is 18.0 Å². The highest BCUT2D eigenvalue weighted by Gasteiger charge is 2.19. The van der Waals surface area contributed by atoms with Crippen LogP contribution in [-0.2, 0) is 12.8 Å². The molecule has 4 aromatic rings. The fourth-order valence-corrected chi connectivity index (χ4v) is 4.25. The summed E-state index contributed by atoms with van der Waals surface area (Å²) in [5.74, 6) is -0.137. The van der Waals surface area contributed by atoms with Gasteiger partial charge in [0, 0.05) is 47.8 Å². The Kier molecular flexibility index (Phi) is 4.93. The summed E-state index contributed by atoms with van der Waals surface area (Å²) < 4.78 is 0. The molecule has 5 nitrogen and oxygen atoms in total. The predicted octanol–water partition coefficient (Wildman–Crippen LogP) is 4.62. The van der Waals surface area contributed by atoms with Crippen LogP contribution in [0.5, 0.6) is 0 Å². The first-order chi connectivity index (χ1) is 14.8. The maximum atomic E-state index is 12.7. The van der Waals surface area contributed by atoms with Crippen LogP contribution in [0.4, 0.5) is 11.4 Å². The predicted molar refractivity (Wildman–Crippen MR) is 120 cm³/mol. The number of rotatable bonds is 5. The standard InChI is InChI=1S/C25H24N4O/c30-25(27-13-11-19-17-28-22-9-3-2-8-21(19)22)23-16-20(12-14-26-23)29-15-5-7-18-6-1-4-10-24(18)29/h1-4,6,8-10,12,14,16-17,28H,5,7,11,13,15H2,(H,27,30). The first-order valence-corrected chi connectivity index (χ1v) is 10.4. The van der Waals surface area contributed by atoms with Crippen LogP contribution in [0.2, 0.25) is 0 Å². The second-order valence-corrected chi connectivity index (χ2v) is 7.65. The van der Waals surface area contributed by atoms with Crippen molar-refractivity contribution in [3.63, 3.8) is 0 Å². The van der Waals surface area contributed by atoms with Crippen LogP contribution in [-0.4, -0.2) is 29.0 Å². The molecule has 150 valence electrons. The molecule has 0 spiro atoms. The van der Waals surface area contributed by atoms with E-state index in [9.17, 15) is 4.79 Å². The molecule has 0 unspecified atom stereocenters. The first-order valence-electron chi connectivity index (χ1n) is 10.4. The molecule has 5 rings (SSSR count). The van der Waals surface area contributed by atoms with E-state index in [1.54, 1.807) is 6.20 Å². The van der Waals surface area contributed by atoms with Crippen molar-refractivity contribution in [3.8, 4) is 0 Å². The average molecular weight is 396 g/mol. The molecule has 0 radical (unpaired) electrons. The van der Waals surface area contributed by atoms with Gasteiger partial charge in [-0.1, -0.05) is 36.4 Å². The second kappa shape index (κ2) is 8.03. The van der Waals surface area contributed by atoms with E-state index in [0.717, 1.165) is 37.0 Å². The highest BCUT2D eigenvalue weighted by atomic mass is 16.1. The van der Waals surface area contributed by atoms with Gasteiger partial charge in [-0.05, 0) is 54.7 Å². The Morgan fingerprint density at radius 3 is 2.93 bits per heavy atom. The Labute approximate surface area is 175 Å². The number of benzene rings is 2. The number of anilines is 2. The third-order valence-corrected chi connectivity index (χ3v) is 5.75. The van der Waals surface area contributed by atoms with Gasteiger partial charge in [-0.3, -0.25) is 9.78 Å². The van der Waals surface area contributed by atoms with Gasteiger partial charge in [0.25, 0.3) is 5.91 Å². The van der Waals surface area contributed by atoms with Crippen LogP contribution in [0.25, 0.3) is 10.9 Å². The number of H-pyrrole nitrogens is 1. The minimum atomic E-state index is -0.137. The third kappa shape index (κ3) is 3.54. The summed E-state index contributed by atoms with van der Waals surface area (Å²) in [4.78, 5) is 22.6. The van der Waals surface area contributed by atoms with Crippen molar-refractivity contribution >= 4 is 28.2 Å². The van der Waals surface area contributed by atoms with Crippen molar-refractivity contribution in [1.82, 2.24) is 15.3 Å². The van der Waals surface area contributed by atoms with Gasteiger partial charge >= 0.3 is 0 Å². The van der Waals surface area contributed by atoms with Crippen LogP contribution < -0.4 is 10.2 Å². The summed E-state index contributed by atoms with van der Waals surface area (Å²) in [6.45, 7) is 1.52. The molecule has 1 amide bonds. The molecule has 0 fully saturated rings. The van der Waals surface area contributed by atoms with Crippen molar-refractivity contribution in [2.45, 2.75) is 19.3 Å². The SMILES string of the molecule is O=C(NCCc1c[nH]c2ccccc12)c1cc(N2CCCc3ccccc32)ccn1. The Morgan fingerprint density at radius 2 is 1.97 bits per heavy atom. The lowest BCUT2D eigenvalue weighted by Crippen LogP contribution is -2.28. The monoisotopic (exact) mass is 396 g/mol. The summed E-state index contributed by atoms with van der Waals surface area (Å²) in [6.07, 6.45) is 6.71. The van der Waals surface area contributed by atoms with Gasteiger partial charge in [0.05, 0.1) is 0 Å². The van der Waals surface area contributed by atoms with Gasteiger partial charge in [-0.15, -0.1) is 0 Å². The van der Waals surface area contributed by atoms with Gasteiger partial charge < -0.3 is 15.2 Å². The van der Waals surface area contributed by atoms with Crippen LogP contribution in [0.3, 0.4) is 0 Å². The second-order valence-electron chi connectivity index (χ2n) is 7.65. The molecular formula is C25H24N4O. The van der Waals surface area contributed by atoms with Gasteiger partial charge in [0.1, 0.15) is 5.69 Å². The van der Waals surface area contributed by atoms with Crippen molar-refractivity contribution in [3.05, 3.63) is 89.9 Å². The maximum absolute atomic E-state index is 12.7. The van der Waals surface area contributed by atoms with E-state index in [2.05, 4.69) is 56.6 Å². The van der Waals surface area contributed by atoms with E-state index in [1.165, 1.54) is 22.2 Å². The normalized spacial score (nSPS) is 13.3. The number of carbonyl (C=O) groups is 1. The minimum absolute atomic E-state index is 0.137. The highest BCUT2D eigenvalue weighted by Crippen LogP contribution is 2.33. The summed E-state index contributed by atoms with van der Waals surface area (Å²) in [5.41, 5.74) is 6.37. The zero-order valence-electron chi connectivity index (χ0n) is 16.8. The fourth-order valence-electron chi connectivity index (χ4n) is 4.25. The van der Waals surface area contributed by atoms with E-state index in [-0.39, 0.29) is 5.91 Å². The largest absolute Gasteiger partial charge is 0.361 e. The average Bonchev–Trinajstić information content (AvgIpc) is 3.22. The van der Waals surface area contributed by atoms with Crippen LogP contribution in [0.1, 0.15) is 28.0 Å². The van der Waals surface area contributed by atoms with Gasteiger partial charge in [0.2, 0.25) is 0 Å². The zero-order chi connectivity index (χ0) is 20.3. The van der Waals surface area contributed by atoms with Crippen LogP contribution >= 0.6 is 0 Å². The van der Waals surface area contributed by atoms with Gasteiger partial charge in [-0.25, -0.2) is 0 Å². The third-order valence-electron chi connectivity index (χ3n) is 5.75. The van der Waals surface area contributed by atoms with E-state index < -0.39 is 0 Å². The van der Waals surface area contributed by atoms with Crippen LogP contribution in [0, 0.1) is 0 Å². The summed E-state index contributed by atoms with van der Waals surface area (Å²) >= 11 is 0. The molecule has 3 heterocycles. The molecule has 0 aliphatic carbocycles. The number of aromatic amines is 1. The number of fused-ring (bicyclic) bond motifs is 2. The fraction of sp³-hybridized carbons (Fsp3) is 0.200. The summed E-state index contributed by atoms with van der Waals surface area (Å²) in [7, 11) is 0. The quantitative estimate of drug-likeness (QED) is 0.517.